The molecule has 0 saturated heterocycles. The highest BCUT2D eigenvalue weighted by Crippen LogP contribution is 2.22. The number of carbonyl (C=O) groups excluding carboxylic acids is 1. The Morgan fingerprint density at radius 1 is 0.962 bits per heavy atom. The van der Waals surface area contributed by atoms with Crippen molar-refractivity contribution in [1.82, 2.24) is 9.38 Å². The predicted molar refractivity (Wildman–Crippen MR) is 104 cm³/mol. The quantitative estimate of drug-likeness (QED) is 0.578. The van der Waals surface area contributed by atoms with Gasteiger partial charge in [-0.25, -0.2) is 4.98 Å². The number of hydrogen-bond donors (Lipinski definition) is 1. The SMILES string of the molecule is Cc1ccc(C(=O)Nc2ccc(-c3cn4cccc(C)c4n3)cc2)cc1. The Morgan fingerprint density at radius 3 is 2.38 bits per heavy atom. The fourth-order valence-corrected chi connectivity index (χ4v) is 2.93. The predicted octanol–water partition coefficient (Wildman–Crippen LogP) is 4.87. The summed E-state index contributed by atoms with van der Waals surface area (Å²) in [5.41, 5.74) is 6.57. The van der Waals surface area contributed by atoms with Crippen molar-refractivity contribution in [2.75, 3.05) is 5.32 Å². The molecular weight excluding hydrogens is 322 g/mol. The molecular formula is C22H19N3O. The van der Waals surface area contributed by atoms with Crippen molar-refractivity contribution in [3.05, 3.63) is 89.7 Å². The van der Waals surface area contributed by atoms with Crippen LogP contribution < -0.4 is 5.32 Å². The topological polar surface area (TPSA) is 46.4 Å². The first-order chi connectivity index (χ1) is 12.6. The molecule has 2 aromatic heterocycles. The van der Waals surface area contributed by atoms with Crippen LogP contribution in [0.25, 0.3) is 16.9 Å². The molecule has 4 aromatic rings. The summed E-state index contributed by atoms with van der Waals surface area (Å²) in [6.45, 7) is 4.05. The van der Waals surface area contributed by atoms with Crippen LogP contribution in [-0.2, 0) is 0 Å². The van der Waals surface area contributed by atoms with Gasteiger partial charge in [-0.05, 0) is 49.7 Å². The summed E-state index contributed by atoms with van der Waals surface area (Å²) in [7, 11) is 0. The lowest BCUT2D eigenvalue weighted by atomic mass is 10.1. The number of carbonyl (C=O) groups is 1. The number of nitrogens with one attached hydrogen (secondary N) is 1. The summed E-state index contributed by atoms with van der Waals surface area (Å²) < 4.78 is 2.03. The molecule has 0 spiro atoms. The number of aryl methyl sites for hydroxylation is 2. The Morgan fingerprint density at radius 2 is 1.69 bits per heavy atom. The summed E-state index contributed by atoms with van der Waals surface area (Å²) in [6.07, 6.45) is 4.01. The molecule has 0 fully saturated rings. The molecule has 4 nitrogen and oxygen atoms in total. The first-order valence-corrected chi connectivity index (χ1v) is 8.53. The molecule has 0 aliphatic heterocycles. The van der Waals surface area contributed by atoms with Gasteiger partial charge in [0, 0.05) is 29.2 Å². The van der Waals surface area contributed by atoms with E-state index in [0.29, 0.717) is 5.56 Å². The van der Waals surface area contributed by atoms with E-state index in [9.17, 15) is 4.79 Å². The van der Waals surface area contributed by atoms with Crippen molar-refractivity contribution >= 4 is 17.2 Å². The fraction of sp³-hybridized carbons (Fsp3) is 0.0909. The van der Waals surface area contributed by atoms with Crippen molar-refractivity contribution in [2.45, 2.75) is 13.8 Å². The van der Waals surface area contributed by atoms with Crippen molar-refractivity contribution in [2.24, 2.45) is 0 Å². The third-order valence-corrected chi connectivity index (χ3v) is 4.43. The number of fused-ring (bicyclic) bond motifs is 1. The minimum absolute atomic E-state index is 0.110. The second kappa shape index (κ2) is 6.48. The number of amides is 1. The van der Waals surface area contributed by atoms with Gasteiger partial charge in [0.1, 0.15) is 5.65 Å². The average molecular weight is 341 g/mol. The third-order valence-electron chi connectivity index (χ3n) is 4.43. The van der Waals surface area contributed by atoms with Gasteiger partial charge >= 0.3 is 0 Å². The first kappa shape index (κ1) is 16.1. The van der Waals surface area contributed by atoms with E-state index in [1.54, 1.807) is 0 Å². The minimum atomic E-state index is -0.110. The van der Waals surface area contributed by atoms with Crippen molar-refractivity contribution in [3.63, 3.8) is 0 Å². The molecule has 4 heteroatoms. The molecule has 0 saturated carbocycles. The average Bonchev–Trinajstić information content (AvgIpc) is 3.08. The molecule has 2 aromatic carbocycles. The van der Waals surface area contributed by atoms with E-state index in [1.807, 2.05) is 78.3 Å². The maximum absolute atomic E-state index is 12.3. The van der Waals surface area contributed by atoms with E-state index in [4.69, 9.17) is 4.98 Å². The Bertz CT molecular complexity index is 1080. The molecule has 4 rings (SSSR count). The molecule has 0 unspecified atom stereocenters. The fourth-order valence-electron chi connectivity index (χ4n) is 2.93. The van der Waals surface area contributed by atoms with E-state index in [2.05, 4.69) is 18.3 Å². The monoisotopic (exact) mass is 341 g/mol. The minimum Gasteiger partial charge on any atom is -0.322 e. The summed E-state index contributed by atoms with van der Waals surface area (Å²) in [6, 6.07) is 19.3. The number of aromatic nitrogens is 2. The maximum atomic E-state index is 12.3. The molecule has 1 N–H and O–H groups in total. The highest BCUT2D eigenvalue weighted by Gasteiger charge is 2.08. The molecule has 0 aliphatic rings. The summed E-state index contributed by atoms with van der Waals surface area (Å²) >= 11 is 0. The smallest absolute Gasteiger partial charge is 0.255 e. The van der Waals surface area contributed by atoms with Crippen LogP contribution >= 0.6 is 0 Å². The van der Waals surface area contributed by atoms with Crippen LogP contribution in [0, 0.1) is 13.8 Å². The number of imidazole rings is 1. The van der Waals surface area contributed by atoms with Crippen LogP contribution in [0.3, 0.4) is 0 Å². The second-order valence-electron chi connectivity index (χ2n) is 6.45. The zero-order valence-electron chi connectivity index (χ0n) is 14.7. The molecule has 0 bridgehead atoms. The van der Waals surface area contributed by atoms with Crippen LogP contribution in [0.1, 0.15) is 21.5 Å². The van der Waals surface area contributed by atoms with Gasteiger partial charge in [-0.2, -0.15) is 0 Å². The van der Waals surface area contributed by atoms with E-state index in [1.165, 1.54) is 0 Å². The number of rotatable bonds is 3. The number of pyridine rings is 1. The lowest BCUT2D eigenvalue weighted by Crippen LogP contribution is -2.11. The molecule has 2 heterocycles. The second-order valence-corrected chi connectivity index (χ2v) is 6.45. The van der Waals surface area contributed by atoms with Crippen LogP contribution in [-0.4, -0.2) is 15.3 Å². The standard InChI is InChI=1S/C22H19N3O/c1-15-5-7-18(8-6-15)22(26)23-19-11-9-17(10-12-19)20-14-25-13-3-4-16(2)21(25)24-20/h3-14H,1-2H3,(H,23,26). The van der Waals surface area contributed by atoms with Gasteiger partial charge in [0.25, 0.3) is 5.91 Å². The Labute approximate surface area is 152 Å². The Balaban J connectivity index is 1.55. The van der Waals surface area contributed by atoms with Crippen LogP contribution in [0.2, 0.25) is 0 Å². The van der Waals surface area contributed by atoms with Gasteiger partial charge in [0.15, 0.2) is 0 Å². The van der Waals surface area contributed by atoms with Crippen molar-refractivity contribution in [3.8, 4) is 11.3 Å². The van der Waals surface area contributed by atoms with Crippen molar-refractivity contribution in [1.29, 1.82) is 0 Å². The molecule has 0 atom stereocenters. The Kier molecular flexibility index (Phi) is 4.01. The Hall–Kier alpha value is -3.40. The van der Waals surface area contributed by atoms with E-state index >= 15 is 0 Å². The number of anilines is 1. The lowest BCUT2D eigenvalue weighted by Gasteiger charge is -2.06. The molecule has 0 radical (unpaired) electrons. The van der Waals surface area contributed by atoms with Gasteiger partial charge in [-0.3, -0.25) is 4.79 Å². The summed E-state index contributed by atoms with van der Waals surface area (Å²) in [5, 5.41) is 2.93. The number of benzene rings is 2. The number of hydrogen-bond acceptors (Lipinski definition) is 2. The highest BCUT2D eigenvalue weighted by molar-refractivity contribution is 6.04. The summed E-state index contributed by atoms with van der Waals surface area (Å²) in [5.74, 6) is -0.110. The summed E-state index contributed by atoms with van der Waals surface area (Å²) in [4.78, 5) is 17.0. The van der Waals surface area contributed by atoms with Gasteiger partial charge in [-0.15, -0.1) is 0 Å². The molecule has 0 aliphatic carbocycles. The first-order valence-electron chi connectivity index (χ1n) is 8.53. The molecule has 128 valence electrons. The van der Waals surface area contributed by atoms with Gasteiger partial charge in [0.05, 0.1) is 5.69 Å². The zero-order valence-corrected chi connectivity index (χ0v) is 14.7. The lowest BCUT2D eigenvalue weighted by molar-refractivity contribution is 0.102. The van der Waals surface area contributed by atoms with Gasteiger partial charge < -0.3 is 9.72 Å². The van der Waals surface area contributed by atoms with E-state index in [0.717, 1.165) is 33.7 Å². The third kappa shape index (κ3) is 3.09. The van der Waals surface area contributed by atoms with Crippen LogP contribution in [0.5, 0.6) is 0 Å². The van der Waals surface area contributed by atoms with Gasteiger partial charge in [-0.1, -0.05) is 35.9 Å². The zero-order chi connectivity index (χ0) is 18.1. The van der Waals surface area contributed by atoms with E-state index in [-0.39, 0.29) is 5.91 Å². The molecule has 1 amide bonds. The largest absolute Gasteiger partial charge is 0.322 e. The van der Waals surface area contributed by atoms with E-state index < -0.39 is 0 Å². The van der Waals surface area contributed by atoms with Crippen molar-refractivity contribution < 1.29 is 4.79 Å². The van der Waals surface area contributed by atoms with Crippen LogP contribution in [0.15, 0.2) is 73.1 Å². The normalized spacial score (nSPS) is 10.8. The van der Waals surface area contributed by atoms with Crippen LogP contribution in [0.4, 0.5) is 5.69 Å². The molecule has 26 heavy (non-hydrogen) atoms. The van der Waals surface area contributed by atoms with Gasteiger partial charge in [0.2, 0.25) is 0 Å². The maximum Gasteiger partial charge on any atom is 0.255 e. The highest BCUT2D eigenvalue weighted by atomic mass is 16.1. The number of nitrogens with zero attached hydrogens (tertiary/aromatic N) is 2.